The maximum absolute atomic E-state index is 11.7. The van der Waals surface area contributed by atoms with Gasteiger partial charge in [0.05, 0.1) is 5.69 Å². The molecule has 5 heteroatoms. The van der Waals surface area contributed by atoms with Gasteiger partial charge in [-0.05, 0) is 39.5 Å². The zero-order valence-corrected chi connectivity index (χ0v) is 12.1. The molecule has 1 atom stereocenters. The second-order valence-corrected chi connectivity index (χ2v) is 6.22. The van der Waals surface area contributed by atoms with Crippen LogP contribution < -0.4 is 10.9 Å². The van der Waals surface area contributed by atoms with Crippen molar-refractivity contribution in [3.8, 4) is 0 Å². The minimum absolute atomic E-state index is 0.00158. The number of ether oxygens (including phenoxy) is 1. The molecule has 0 aromatic carbocycles. The third-order valence-corrected chi connectivity index (χ3v) is 3.19. The van der Waals surface area contributed by atoms with Gasteiger partial charge in [0.15, 0.2) is 0 Å². The SMILES string of the molecule is COC(c1nc(CNC(C)(C)C)cc(=O)[nH]1)C1CC1. The van der Waals surface area contributed by atoms with Gasteiger partial charge in [0.1, 0.15) is 11.9 Å². The number of nitrogens with one attached hydrogen (secondary N) is 2. The molecule has 0 saturated heterocycles. The molecule has 1 fully saturated rings. The highest BCUT2D eigenvalue weighted by molar-refractivity contribution is 5.07. The van der Waals surface area contributed by atoms with Crippen LogP contribution in [0.1, 0.15) is 51.2 Å². The summed E-state index contributed by atoms with van der Waals surface area (Å²) in [6.07, 6.45) is 2.21. The third kappa shape index (κ3) is 4.14. The molecular formula is C14H23N3O2. The number of rotatable bonds is 5. The molecular weight excluding hydrogens is 242 g/mol. The van der Waals surface area contributed by atoms with Crippen molar-refractivity contribution < 1.29 is 4.74 Å². The maximum Gasteiger partial charge on any atom is 0.251 e. The molecule has 0 spiro atoms. The molecule has 2 N–H and O–H groups in total. The first kappa shape index (κ1) is 14.2. The first-order chi connectivity index (χ1) is 8.89. The van der Waals surface area contributed by atoms with Crippen molar-refractivity contribution in [3.63, 3.8) is 0 Å². The maximum atomic E-state index is 11.7. The van der Waals surface area contributed by atoms with Crippen molar-refractivity contribution in [2.75, 3.05) is 7.11 Å². The predicted molar refractivity (Wildman–Crippen MR) is 73.9 cm³/mol. The van der Waals surface area contributed by atoms with Crippen LogP contribution in [0.5, 0.6) is 0 Å². The number of nitrogens with zero attached hydrogens (tertiary/aromatic N) is 1. The molecule has 1 aliphatic rings. The van der Waals surface area contributed by atoms with Gasteiger partial charge >= 0.3 is 0 Å². The van der Waals surface area contributed by atoms with Crippen molar-refractivity contribution in [3.05, 3.63) is 27.9 Å². The van der Waals surface area contributed by atoms with Crippen molar-refractivity contribution in [2.45, 2.75) is 51.8 Å². The quantitative estimate of drug-likeness (QED) is 0.851. The van der Waals surface area contributed by atoms with Crippen LogP contribution in [0.3, 0.4) is 0 Å². The highest BCUT2D eigenvalue weighted by atomic mass is 16.5. The second kappa shape index (κ2) is 5.43. The Morgan fingerprint density at radius 3 is 2.74 bits per heavy atom. The Labute approximate surface area is 113 Å². The van der Waals surface area contributed by atoms with Gasteiger partial charge in [-0.1, -0.05) is 0 Å². The Balaban J connectivity index is 2.16. The smallest absolute Gasteiger partial charge is 0.251 e. The van der Waals surface area contributed by atoms with Crippen LogP contribution in [-0.4, -0.2) is 22.6 Å². The van der Waals surface area contributed by atoms with Gasteiger partial charge in [0.2, 0.25) is 0 Å². The van der Waals surface area contributed by atoms with Crippen LogP contribution >= 0.6 is 0 Å². The normalized spacial score (nSPS) is 17.5. The van der Waals surface area contributed by atoms with Gasteiger partial charge in [0, 0.05) is 25.3 Å². The van der Waals surface area contributed by atoms with Crippen molar-refractivity contribution in [1.29, 1.82) is 0 Å². The molecule has 1 saturated carbocycles. The molecule has 0 aliphatic heterocycles. The van der Waals surface area contributed by atoms with Gasteiger partial charge < -0.3 is 15.0 Å². The van der Waals surface area contributed by atoms with Crippen molar-refractivity contribution in [1.82, 2.24) is 15.3 Å². The van der Waals surface area contributed by atoms with Crippen LogP contribution in [0.25, 0.3) is 0 Å². The lowest BCUT2D eigenvalue weighted by Gasteiger charge is -2.20. The van der Waals surface area contributed by atoms with Crippen LogP contribution in [-0.2, 0) is 11.3 Å². The number of H-pyrrole nitrogens is 1. The van der Waals surface area contributed by atoms with Gasteiger partial charge in [-0.2, -0.15) is 0 Å². The summed E-state index contributed by atoms with van der Waals surface area (Å²) >= 11 is 0. The fraction of sp³-hybridized carbons (Fsp3) is 0.714. The first-order valence-electron chi connectivity index (χ1n) is 6.77. The van der Waals surface area contributed by atoms with Crippen molar-refractivity contribution >= 4 is 0 Å². The summed E-state index contributed by atoms with van der Waals surface area (Å²) in [7, 11) is 1.67. The Morgan fingerprint density at radius 2 is 2.21 bits per heavy atom. The van der Waals surface area contributed by atoms with Gasteiger partial charge in [0.25, 0.3) is 5.56 Å². The zero-order chi connectivity index (χ0) is 14.0. The molecule has 1 heterocycles. The van der Waals surface area contributed by atoms with Crippen LogP contribution in [0.4, 0.5) is 0 Å². The summed E-state index contributed by atoms with van der Waals surface area (Å²) in [6.45, 7) is 6.84. The van der Waals surface area contributed by atoms with E-state index in [1.165, 1.54) is 0 Å². The summed E-state index contributed by atoms with van der Waals surface area (Å²) < 4.78 is 5.46. The molecule has 0 amide bonds. The lowest BCUT2D eigenvalue weighted by Crippen LogP contribution is -2.35. The highest BCUT2D eigenvalue weighted by Crippen LogP contribution is 2.41. The first-order valence-corrected chi connectivity index (χ1v) is 6.77. The van der Waals surface area contributed by atoms with Gasteiger partial charge in [-0.25, -0.2) is 4.98 Å². The van der Waals surface area contributed by atoms with Crippen LogP contribution in [0, 0.1) is 5.92 Å². The summed E-state index contributed by atoms with van der Waals surface area (Å²) in [6, 6.07) is 1.54. The largest absolute Gasteiger partial charge is 0.373 e. The number of hydrogen-bond acceptors (Lipinski definition) is 4. The highest BCUT2D eigenvalue weighted by Gasteiger charge is 2.34. The Kier molecular flexibility index (Phi) is 4.06. The van der Waals surface area contributed by atoms with Crippen molar-refractivity contribution in [2.24, 2.45) is 5.92 Å². The number of methoxy groups -OCH3 is 1. The van der Waals surface area contributed by atoms with E-state index in [1.807, 2.05) is 0 Å². The summed E-state index contributed by atoms with van der Waals surface area (Å²) in [4.78, 5) is 19.0. The Hall–Kier alpha value is -1.20. The van der Waals surface area contributed by atoms with E-state index in [1.54, 1.807) is 13.2 Å². The number of aromatic nitrogens is 2. The molecule has 1 aromatic rings. The molecule has 0 bridgehead atoms. The predicted octanol–water partition coefficient (Wildman–Crippen LogP) is 1.76. The average Bonchev–Trinajstić information content (AvgIpc) is 3.10. The van der Waals surface area contributed by atoms with E-state index in [-0.39, 0.29) is 17.2 Å². The van der Waals surface area contributed by atoms with E-state index >= 15 is 0 Å². The van der Waals surface area contributed by atoms with Gasteiger partial charge in [-0.15, -0.1) is 0 Å². The zero-order valence-electron chi connectivity index (χ0n) is 12.1. The molecule has 19 heavy (non-hydrogen) atoms. The van der Waals surface area contributed by atoms with Crippen LogP contribution in [0.15, 0.2) is 10.9 Å². The fourth-order valence-electron chi connectivity index (χ4n) is 2.04. The minimum atomic E-state index is -0.113. The monoisotopic (exact) mass is 265 g/mol. The molecule has 1 unspecified atom stereocenters. The molecule has 5 nitrogen and oxygen atoms in total. The standard InChI is InChI=1S/C14H23N3O2/c1-14(2,3)15-8-10-7-11(18)17-13(16-10)12(19-4)9-5-6-9/h7,9,12,15H,5-6,8H2,1-4H3,(H,16,17,18). The summed E-state index contributed by atoms with van der Waals surface area (Å²) in [5.74, 6) is 1.15. The summed E-state index contributed by atoms with van der Waals surface area (Å²) in [5, 5.41) is 3.34. The molecule has 2 rings (SSSR count). The average molecular weight is 265 g/mol. The van der Waals surface area contributed by atoms with E-state index in [0.29, 0.717) is 18.3 Å². The molecule has 106 valence electrons. The minimum Gasteiger partial charge on any atom is -0.373 e. The second-order valence-electron chi connectivity index (χ2n) is 6.22. The topological polar surface area (TPSA) is 67.0 Å². The van der Waals surface area contributed by atoms with Crippen LogP contribution in [0.2, 0.25) is 0 Å². The molecule has 0 radical (unpaired) electrons. The van der Waals surface area contributed by atoms with E-state index in [2.05, 4.69) is 36.1 Å². The number of aromatic amines is 1. The Bertz CT molecular complexity index is 486. The fourth-order valence-corrected chi connectivity index (χ4v) is 2.04. The van der Waals surface area contributed by atoms with E-state index in [4.69, 9.17) is 4.74 Å². The van der Waals surface area contributed by atoms with E-state index in [9.17, 15) is 4.79 Å². The van der Waals surface area contributed by atoms with Gasteiger partial charge in [-0.3, -0.25) is 4.79 Å². The third-order valence-electron chi connectivity index (χ3n) is 3.19. The lowest BCUT2D eigenvalue weighted by molar-refractivity contribution is 0.0767. The van der Waals surface area contributed by atoms with E-state index < -0.39 is 0 Å². The Morgan fingerprint density at radius 1 is 1.53 bits per heavy atom. The summed E-state index contributed by atoms with van der Waals surface area (Å²) in [5.41, 5.74) is 0.650. The number of hydrogen-bond donors (Lipinski definition) is 2. The lowest BCUT2D eigenvalue weighted by atomic mass is 10.1. The molecule has 1 aromatic heterocycles. The molecule has 1 aliphatic carbocycles. The van der Waals surface area contributed by atoms with E-state index in [0.717, 1.165) is 18.5 Å².